The number of carbonyl (C=O) groups excluding carboxylic acids is 1. The lowest BCUT2D eigenvalue weighted by Crippen LogP contribution is -2.36. The molecular formula is C12H19N3OS. The number of nitrogens with zero attached hydrogens (tertiary/aromatic N) is 1. The number of hydrogen-bond acceptors (Lipinski definition) is 4. The summed E-state index contributed by atoms with van der Waals surface area (Å²) in [5.74, 6) is 0.581. The molecule has 1 atom stereocenters. The largest absolute Gasteiger partial charge is 0.306 e. The Labute approximate surface area is 106 Å². The number of rotatable bonds is 4. The van der Waals surface area contributed by atoms with Gasteiger partial charge in [0.15, 0.2) is 0 Å². The Balaban J connectivity index is 1.70. The summed E-state index contributed by atoms with van der Waals surface area (Å²) in [6.07, 6.45) is 2.98. The van der Waals surface area contributed by atoms with Gasteiger partial charge >= 0.3 is 0 Å². The molecule has 1 fully saturated rings. The summed E-state index contributed by atoms with van der Waals surface area (Å²) in [6.45, 7) is 2.19. The van der Waals surface area contributed by atoms with Gasteiger partial charge in [0, 0.05) is 13.0 Å². The summed E-state index contributed by atoms with van der Waals surface area (Å²) in [5.41, 5.74) is 5.68. The highest BCUT2D eigenvalue weighted by Crippen LogP contribution is 2.18. The maximum atomic E-state index is 11.7. The van der Waals surface area contributed by atoms with Crippen LogP contribution in [0.5, 0.6) is 0 Å². The maximum absolute atomic E-state index is 11.7. The van der Waals surface area contributed by atoms with Crippen molar-refractivity contribution in [3.05, 3.63) is 17.5 Å². The molecule has 0 aliphatic carbocycles. The van der Waals surface area contributed by atoms with Crippen LogP contribution < -0.4 is 10.9 Å². The van der Waals surface area contributed by atoms with Gasteiger partial charge in [0.05, 0.1) is 0 Å². The van der Waals surface area contributed by atoms with Gasteiger partial charge in [-0.05, 0) is 49.9 Å². The van der Waals surface area contributed by atoms with Crippen LogP contribution >= 0.6 is 11.3 Å². The van der Waals surface area contributed by atoms with Crippen molar-refractivity contribution in [3.63, 3.8) is 0 Å². The highest BCUT2D eigenvalue weighted by molar-refractivity contribution is 7.14. The Kier molecular flexibility index (Phi) is 4.39. The minimum absolute atomic E-state index is 0.0821. The maximum Gasteiger partial charge on any atom is 0.238 e. The average molecular weight is 253 g/mol. The first kappa shape index (κ1) is 12.4. The van der Waals surface area contributed by atoms with Gasteiger partial charge < -0.3 is 4.90 Å². The quantitative estimate of drug-likeness (QED) is 0.806. The van der Waals surface area contributed by atoms with Gasteiger partial charge in [-0.2, -0.15) is 0 Å². The Hall–Kier alpha value is -1.07. The van der Waals surface area contributed by atoms with Crippen molar-refractivity contribution in [1.29, 1.82) is 0 Å². The van der Waals surface area contributed by atoms with Gasteiger partial charge in [0.25, 0.3) is 0 Å². The lowest BCUT2D eigenvalue weighted by atomic mass is 9.95. The van der Waals surface area contributed by atoms with Crippen molar-refractivity contribution in [3.8, 4) is 0 Å². The second-order valence-corrected chi connectivity index (χ2v) is 5.57. The van der Waals surface area contributed by atoms with Gasteiger partial charge in [0.1, 0.15) is 5.00 Å². The second-order valence-electron chi connectivity index (χ2n) is 4.63. The van der Waals surface area contributed by atoms with E-state index in [1.165, 1.54) is 6.42 Å². The van der Waals surface area contributed by atoms with Crippen molar-refractivity contribution in [1.82, 2.24) is 10.3 Å². The monoisotopic (exact) mass is 253 g/mol. The third-order valence-electron chi connectivity index (χ3n) is 3.04. The smallest absolute Gasteiger partial charge is 0.238 e. The number of anilines is 1. The van der Waals surface area contributed by atoms with Crippen molar-refractivity contribution < 1.29 is 4.79 Å². The molecule has 1 aromatic heterocycles. The Morgan fingerprint density at radius 3 is 3.24 bits per heavy atom. The molecule has 1 amide bonds. The molecule has 2 rings (SSSR count). The Bertz CT molecular complexity index is 353. The van der Waals surface area contributed by atoms with E-state index in [0.717, 1.165) is 24.5 Å². The van der Waals surface area contributed by atoms with Crippen LogP contribution in [0.1, 0.15) is 19.3 Å². The van der Waals surface area contributed by atoms with Crippen LogP contribution in [0, 0.1) is 5.92 Å². The molecule has 2 heterocycles. The molecule has 0 aromatic carbocycles. The van der Waals surface area contributed by atoms with Crippen LogP contribution in [-0.4, -0.2) is 30.9 Å². The fraction of sp³-hybridized carbons (Fsp3) is 0.583. The third kappa shape index (κ3) is 4.02. The first-order valence-electron chi connectivity index (χ1n) is 6.01. The van der Waals surface area contributed by atoms with Crippen LogP contribution in [0.3, 0.4) is 0 Å². The van der Waals surface area contributed by atoms with Gasteiger partial charge in [-0.25, -0.2) is 0 Å². The molecular weight excluding hydrogens is 234 g/mol. The molecule has 0 saturated carbocycles. The van der Waals surface area contributed by atoms with E-state index in [0.29, 0.717) is 12.3 Å². The normalized spacial score (nSPS) is 21.1. The van der Waals surface area contributed by atoms with Crippen LogP contribution in [0.2, 0.25) is 0 Å². The van der Waals surface area contributed by atoms with E-state index in [9.17, 15) is 4.79 Å². The van der Waals surface area contributed by atoms with Crippen LogP contribution in [-0.2, 0) is 4.79 Å². The first-order valence-corrected chi connectivity index (χ1v) is 6.89. The molecule has 5 heteroatoms. The number of likely N-dealkylation sites (tertiary alicyclic amines) is 1. The number of hydrogen-bond donors (Lipinski definition) is 2. The summed E-state index contributed by atoms with van der Waals surface area (Å²) >= 11 is 1.58. The molecule has 0 spiro atoms. The zero-order chi connectivity index (χ0) is 12.1. The number of piperidine rings is 1. The Morgan fingerprint density at radius 2 is 2.53 bits per heavy atom. The third-order valence-corrected chi connectivity index (χ3v) is 3.83. The average Bonchev–Trinajstić information content (AvgIpc) is 2.79. The summed E-state index contributed by atoms with van der Waals surface area (Å²) in [6, 6.07) is 3.90. The minimum Gasteiger partial charge on any atom is -0.306 e. The van der Waals surface area contributed by atoms with E-state index >= 15 is 0 Å². The van der Waals surface area contributed by atoms with Gasteiger partial charge in [0.2, 0.25) is 5.91 Å². The number of amides is 1. The number of hydrazine groups is 1. The predicted molar refractivity (Wildman–Crippen MR) is 70.9 cm³/mol. The van der Waals surface area contributed by atoms with Gasteiger partial charge in [-0.1, -0.05) is 0 Å². The summed E-state index contributed by atoms with van der Waals surface area (Å²) < 4.78 is 0. The van der Waals surface area contributed by atoms with Gasteiger partial charge in [-0.3, -0.25) is 15.6 Å². The Morgan fingerprint density at radius 1 is 1.65 bits per heavy atom. The molecule has 1 aliphatic rings. The van der Waals surface area contributed by atoms with Crippen LogP contribution in [0.15, 0.2) is 17.5 Å². The van der Waals surface area contributed by atoms with Crippen LogP contribution in [0.4, 0.5) is 5.00 Å². The molecule has 1 aliphatic heterocycles. The fourth-order valence-electron chi connectivity index (χ4n) is 2.23. The SMILES string of the molecule is CN1CCCC(CC(=O)NNc2cccs2)C1. The minimum atomic E-state index is 0.0821. The van der Waals surface area contributed by atoms with Gasteiger partial charge in [-0.15, -0.1) is 11.3 Å². The predicted octanol–water partition coefficient (Wildman–Crippen LogP) is 1.92. The second kappa shape index (κ2) is 6.02. The molecule has 1 aromatic rings. The van der Waals surface area contributed by atoms with E-state index < -0.39 is 0 Å². The van der Waals surface area contributed by atoms with E-state index in [4.69, 9.17) is 0 Å². The zero-order valence-electron chi connectivity index (χ0n) is 10.1. The lowest BCUT2D eigenvalue weighted by Gasteiger charge is -2.29. The molecule has 1 saturated heterocycles. The fourth-order valence-corrected chi connectivity index (χ4v) is 2.80. The zero-order valence-corrected chi connectivity index (χ0v) is 10.9. The molecule has 2 N–H and O–H groups in total. The standard InChI is InChI=1S/C12H19N3OS/c1-15-6-2-4-10(9-15)8-11(16)13-14-12-5-3-7-17-12/h3,5,7,10,14H,2,4,6,8-9H2,1H3,(H,13,16). The molecule has 94 valence electrons. The van der Waals surface area contributed by atoms with Crippen molar-refractivity contribution in [2.24, 2.45) is 5.92 Å². The molecule has 0 radical (unpaired) electrons. The molecule has 1 unspecified atom stereocenters. The first-order chi connectivity index (χ1) is 8.24. The number of carbonyl (C=O) groups is 1. The number of nitrogens with one attached hydrogen (secondary N) is 2. The highest BCUT2D eigenvalue weighted by Gasteiger charge is 2.19. The summed E-state index contributed by atoms with van der Waals surface area (Å²) in [5, 5.41) is 2.95. The van der Waals surface area contributed by atoms with Crippen molar-refractivity contribution >= 4 is 22.2 Å². The van der Waals surface area contributed by atoms with E-state index in [2.05, 4.69) is 22.8 Å². The summed E-state index contributed by atoms with van der Waals surface area (Å²) in [4.78, 5) is 14.0. The molecule has 4 nitrogen and oxygen atoms in total. The topological polar surface area (TPSA) is 44.4 Å². The lowest BCUT2D eigenvalue weighted by molar-refractivity contribution is -0.121. The highest BCUT2D eigenvalue weighted by atomic mass is 32.1. The van der Waals surface area contributed by atoms with E-state index in [1.54, 1.807) is 11.3 Å². The van der Waals surface area contributed by atoms with Crippen molar-refractivity contribution in [2.75, 3.05) is 25.6 Å². The van der Waals surface area contributed by atoms with E-state index in [1.807, 2.05) is 17.5 Å². The summed E-state index contributed by atoms with van der Waals surface area (Å²) in [7, 11) is 2.12. The molecule has 0 bridgehead atoms. The molecule has 17 heavy (non-hydrogen) atoms. The number of thiophene rings is 1. The van der Waals surface area contributed by atoms with Crippen molar-refractivity contribution in [2.45, 2.75) is 19.3 Å². The van der Waals surface area contributed by atoms with E-state index in [-0.39, 0.29) is 5.91 Å². The van der Waals surface area contributed by atoms with Crippen LogP contribution in [0.25, 0.3) is 0 Å².